The molecule has 0 atom stereocenters. The van der Waals surface area contributed by atoms with Gasteiger partial charge in [-0.25, -0.2) is 0 Å². The van der Waals surface area contributed by atoms with Gasteiger partial charge in [0, 0.05) is 11.5 Å². The molecular weight excluding hydrogens is 246 g/mol. The van der Waals surface area contributed by atoms with Gasteiger partial charge in [0.05, 0.1) is 0 Å². The molecule has 1 N–H and O–H groups in total. The van der Waals surface area contributed by atoms with Crippen molar-refractivity contribution in [3.63, 3.8) is 0 Å². The predicted molar refractivity (Wildman–Crippen MR) is 88.9 cm³/mol. The zero-order valence-corrected chi connectivity index (χ0v) is 14.6. The van der Waals surface area contributed by atoms with Crippen molar-refractivity contribution in [2.75, 3.05) is 0 Å². The highest BCUT2D eigenvalue weighted by molar-refractivity contribution is 5.79. The summed E-state index contributed by atoms with van der Waals surface area (Å²) < 4.78 is 0. The Kier molecular flexibility index (Phi) is 10.9. The third-order valence-electron chi connectivity index (χ3n) is 3.68. The van der Waals surface area contributed by atoms with Crippen molar-refractivity contribution in [1.82, 2.24) is 5.32 Å². The van der Waals surface area contributed by atoms with Crippen molar-refractivity contribution in [1.29, 1.82) is 0 Å². The molecule has 120 valence electrons. The lowest BCUT2D eigenvalue weighted by molar-refractivity contribution is -0.127. The lowest BCUT2D eigenvalue weighted by Crippen LogP contribution is -2.43. The molecule has 0 aromatic carbocycles. The van der Waals surface area contributed by atoms with Crippen LogP contribution in [-0.4, -0.2) is 11.4 Å². The summed E-state index contributed by atoms with van der Waals surface area (Å²) in [6.45, 7) is 10.7. The molecule has 2 heteroatoms. The van der Waals surface area contributed by atoms with Gasteiger partial charge in [0.15, 0.2) is 0 Å². The molecule has 0 aliphatic rings. The van der Waals surface area contributed by atoms with Crippen LogP contribution in [0.3, 0.4) is 0 Å². The topological polar surface area (TPSA) is 29.1 Å². The second-order valence-corrected chi connectivity index (χ2v) is 7.13. The van der Waals surface area contributed by atoms with E-state index >= 15 is 0 Å². The maximum atomic E-state index is 12.4. The Balaban J connectivity index is 4.18. The van der Waals surface area contributed by atoms with Crippen LogP contribution in [0, 0.1) is 5.92 Å². The highest BCUT2D eigenvalue weighted by atomic mass is 16.2. The number of amides is 1. The summed E-state index contributed by atoms with van der Waals surface area (Å²) in [6.07, 6.45) is 12.2. The van der Waals surface area contributed by atoms with Crippen molar-refractivity contribution >= 4 is 5.91 Å². The standard InChI is InChI=1S/C18H37NO/c1-6-8-10-12-14-16(15-13-11-9-7-2)17(20)19-18(3,4)5/h16H,6-15H2,1-5H3,(H,19,20). The number of carbonyl (C=O) groups excluding carboxylic acids is 1. The van der Waals surface area contributed by atoms with Crippen molar-refractivity contribution in [3.8, 4) is 0 Å². The molecule has 0 unspecified atom stereocenters. The first-order chi connectivity index (χ1) is 9.40. The molecular formula is C18H37NO. The molecule has 0 heterocycles. The molecule has 0 radical (unpaired) electrons. The lowest BCUT2D eigenvalue weighted by Gasteiger charge is -2.25. The summed E-state index contributed by atoms with van der Waals surface area (Å²) >= 11 is 0. The maximum absolute atomic E-state index is 12.4. The van der Waals surface area contributed by atoms with E-state index in [1.807, 2.05) is 0 Å². The maximum Gasteiger partial charge on any atom is 0.223 e. The summed E-state index contributed by atoms with van der Waals surface area (Å²) in [4.78, 5) is 12.4. The lowest BCUT2D eigenvalue weighted by atomic mass is 9.92. The fourth-order valence-electron chi connectivity index (χ4n) is 2.51. The minimum atomic E-state index is -0.109. The second kappa shape index (κ2) is 11.2. The number of hydrogen-bond donors (Lipinski definition) is 1. The minimum absolute atomic E-state index is 0.109. The van der Waals surface area contributed by atoms with Crippen molar-refractivity contribution < 1.29 is 4.79 Å². The molecule has 0 fully saturated rings. The number of unbranched alkanes of at least 4 members (excludes halogenated alkanes) is 6. The van der Waals surface area contributed by atoms with E-state index < -0.39 is 0 Å². The third kappa shape index (κ3) is 11.3. The van der Waals surface area contributed by atoms with Crippen LogP contribution in [0.15, 0.2) is 0 Å². The molecule has 0 saturated carbocycles. The smallest absolute Gasteiger partial charge is 0.223 e. The summed E-state index contributed by atoms with van der Waals surface area (Å²) in [7, 11) is 0. The Morgan fingerprint density at radius 2 is 1.30 bits per heavy atom. The largest absolute Gasteiger partial charge is 0.351 e. The molecule has 0 saturated heterocycles. The van der Waals surface area contributed by atoms with Gasteiger partial charge in [0.25, 0.3) is 0 Å². The quantitative estimate of drug-likeness (QED) is 0.501. The molecule has 0 bridgehead atoms. The van der Waals surface area contributed by atoms with E-state index in [2.05, 4.69) is 39.9 Å². The molecule has 2 nitrogen and oxygen atoms in total. The van der Waals surface area contributed by atoms with Gasteiger partial charge in [-0.05, 0) is 33.6 Å². The monoisotopic (exact) mass is 283 g/mol. The van der Waals surface area contributed by atoms with E-state index in [0.29, 0.717) is 0 Å². The van der Waals surface area contributed by atoms with Crippen LogP contribution in [0.4, 0.5) is 0 Å². The average molecular weight is 284 g/mol. The highest BCUT2D eigenvalue weighted by Gasteiger charge is 2.22. The highest BCUT2D eigenvalue weighted by Crippen LogP contribution is 2.19. The third-order valence-corrected chi connectivity index (χ3v) is 3.68. The molecule has 0 spiro atoms. The molecule has 0 aliphatic carbocycles. The fraction of sp³-hybridized carbons (Fsp3) is 0.944. The zero-order chi connectivity index (χ0) is 15.4. The molecule has 0 aromatic rings. The minimum Gasteiger partial charge on any atom is -0.351 e. The van der Waals surface area contributed by atoms with Crippen LogP contribution >= 0.6 is 0 Å². The van der Waals surface area contributed by atoms with Gasteiger partial charge >= 0.3 is 0 Å². The van der Waals surface area contributed by atoms with Crippen LogP contribution in [0.2, 0.25) is 0 Å². The van der Waals surface area contributed by atoms with E-state index in [4.69, 9.17) is 0 Å². The van der Waals surface area contributed by atoms with Gasteiger partial charge in [-0.3, -0.25) is 4.79 Å². The Bertz CT molecular complexity index is 230. The normalized spacial score (nSPS) is 11.9. The number of carbonyl (C=O) groups is 1. The van der Waals surface area contributed by atoms with Crippen molar-refractivity contribution in [2.24, 2.45) is 5.92 Å². The van der Waals surface area contributed by atoms with Crippen LogP contribution in [0.5, 0.6) is 0 Å². The van der Waals surface area contributed by atoms with Crippen molar-refractivity contribution in [3.05, 3.63) is 0 Å². The first-order valence-electron chi connectivity index (χ1n) is 8.72. The summed E-state index contributed by atoms with van der Waals surface area (Å²) in [5.41, 5.74) is -0.109. The molecule has 20 heavy (non-hydrogen) atoms. The summed E-state index contributed by atoms with van der Waals surface area (Å²) in [5, 5.41) is 3.16. The van der Waals surface area contributed by atoms with Crippen molar-refractivity contribution in [2.45, 2.75) is 104 Å². The predicted octanol–water partition coefficient (Wildman–Crippen LogP) is 5.46. The summed E-state index contributed by atoms with van der Waals surface area (Å²) in [5.74, 6) is 0.494. The second-order valence-electron chi connectivity index (χ2n) is 7.13. The SMILES string of the molecule is CCCCCCC(CCCCCC)C(=O)NC(C)(C)C. The Hall–Kier alpha value is -0.530. The van der Waals surface area contributed by atoms with Crippen LogP contribution in [-0.2, 0) is 4.79 Å². The van der Waals surface area contributed by atoms with E-state index in [9.17, 15) is 4.79 Å². The number of hydrogen-bond acceptors (Lipinski definition) is 1. The number of nitrogens with one attached hydrogen (secondary N) is 1. The molecule has 0 rings (SSSR count). The van der Waals surface area contributed by atoms with E-state index in [1.54, 1.807) is 0 Å². The zero-order valence-electron chi connectivity index (χ0n) is 14.6. The van der Waals surface area contributed by atoms with Gasteiger partial charge in [-0.15, -0.1) is 0 Å². The van der Waals surface area contributed by atoms with Gasteiger partial charge in [0.2, 0.25) is 5.91 Å². The molecule has 1 amide bonds. The van der Waals surface area contributed by atoms with E-state index in [-0.39, 0.29) is 17.4 Å². The van der Waals surface area contributed by atoms with Gasteiger partial charge in [-0.1, -0.05) is 65.2 Å². The van der Waals surface area contributed by atoms with Crippen LogP contribution in [0.25, 0.3) is 0 Å². The Morgan fingerprint density at radius 3 is 1.65 bits per heavy atom. The van der Waals surface area contributed by atoms with Gasteiger partial charge in [0.1, 0.15) is 0 Å². The van der Waals surface area contributed by atoms with E-state index in [1.165, 1.54) is 51.4 Å². The fourth-order valence-corrected chi connectivity index (χ4v) is 2.51. The van der Waals surface area contributed by atoms with E-state index in [0.717, 1.165) is 12.8 Å². The molecule has 0 aromatic heterocycles. The Labute approximate surface area is 127 Å². The first kappa shape index (κ1) is 19.5. The number of rotatable bonds is 11. The molecule has 0 aliphatic heterocycles. The summed E-state index contributed by atoms with van der Waals surface area (Å²) in [6, 6.07) is 0. The van der Waals surface area contributed by atoms with Crippen LogP contribution < -0.4 is 5.32 Å². The van der Waals surface area contributed by atoms with Crippen LogP contribution in [0.1, 0.15) is 98.8 Å². The Morgan fingerprint density at radius 1 is 0.850 bits per heavy atom. The first-order valence-corrected chi connectivity index (χ1v) is 8.72. The average Bonchev–Trinajstić information content (AvgIpc) is 2.34. The van der Waals surface area contributed by atoms with Gasteiger partial charge in [-0.2, -0.15) is 0 Å². The van der Waals surface area contributed by atoms with Gasteiger partial charge < -0.3 is 5.32 Å².